The molecule has 1 fully saturated rings. The van der Waals surface area contributed by atoms with Gasteiger partial charge in [-0.3, -0.25) is 4.79 Å². The summed E-state index contributed by atoms with van der Waals surface area (Å²) in [5.41, 5.74) is -2.83. The molecule has 1 saturated carbocycles. The van der Waals surface area contributed by atoms with Crippen LogP contribution in [0.1, 0.15) is 52.9 Å². The molecule has 1 rings (SSSR count). The van der Waals surface area contributed by atoms with Gasteiger partial charge in [0.15, 0.2) is 5.60 Å². The molecule has 4 unspecified atom stereocenters. The van der Waals surface area contributed by atoms with E-state index in [2.05, 4.69) is 0 Å². The van der Waals surface area contributed by atoms with Crippen molar-refractivity contribution in [2.75, 3.05) is 0 Å². The number of rotatable bonds is 4. The number of halogens is 3. The molecule has 1 aliphatic carbocycles. The summed E-state index contributed by atoms with van der Waals surface area (Å²) < 4.78 is 44.1. The van der Waals surface area contributed by atoms with E-state index in [1.165, 1.54) is 0 Å². The minimum atomic E-state index is -4.73. The van der Waals surface area contributed by atoms with Crippen molar-refractivity contribution < 1.29 is 27.8 Å². The molecule has 118 valence electrons. The van der Waals surface area contributed by atoms with Crippen LogP contribution in [0, 0.1) is 11.8 Å². The SMILES string of the molecule is CCC(C)C(=O)OC1CCCCC1C(C)(O)C(F)(F)F. The van der Waals surface area contributed by atoms with Crippen molar-refractivity contribution in [3.8, 4) is 0 Å². The van der Waals surface area contributed by atoms with Gasteiger partial charge in [0.2, 0.25) is 0 Å². The van der Waals surface area contributed by atoms with Gasteiger partial charge in [-0.05, 0) is 32.6 Å². The molecule has 0 aromatic carbocycles. The molecule has 0 radical (unpaired) electrons. The topological polar surface area (TPSA) is 46.5 Å². The van der Waals surface area contributed by atoms with Crippen LogP contribution >= 0.6 is 0 Å². The number of ether oxygens (including phenoxy) is 1. The standard InChI is InChI=1S/C14H23F3O3/c1-4-9(2)12(18)20-11-8-6-5-7-10(11)13(3,19)14(15,16)17/h9-11,19H,4-8H2,1-3H3. The highest BCUT2D eigenvalue weighted by molar-refractivity contribution is 5.72. The second-order valence-corrected chi connectivity index (χ2v) is 5.82. The Morgan fingerprint density at radius 2 is 1.90 bits per heavy atom. The van der Waals surface area contributed by atoms with E-state index in [1.807, 2.05) is 6.92 Å². The van der Waals surface area contributed by atoms with E-state index in [9.17, 15) is 23.1 Å². The molecule has 4 atom stereocenters. The Balaban J connectivity index is 2.85. The van der Waals surface area contributed by atoms with Crippen molar-refractivity contribution in [3.63, 3.8) is 0 Å². The zero-order valence-electron chi connectivity index (χ0n) is 12.2. The Labute approximate surface area is 117 Å². The summed E-state index contributed by atoms with van der Waals surface area (Å²) in [5.74, 6) is -1.92. The van der Waals surface area contributed by atoms with Gasteiger partial charge in [0.05, 0.1) is 5.92 Å². The van der Waals surface area contributed by atoms with Crippen LogP contribution in [0.2, 0.25) is 0 Å². The second kappa shape index (κ2) is 6.33. The minimum Gasteiger partial charge on any atom is -0.462 e. The van der Waals surface area contributed by atoms with Crippen LogP contribution in [-0.2, 0) is 9.53 Å². The van der Waals surface area contributed by atoms with Crippen molar-refractivity contribution >= 4 is 5.97 Å². The van der Waals surface area contributed by atoms with Gasteiger partial charge in [-0.2, -0.15) is 13.2 Å². The van der Waals surface area contributed by atoms with Crippen LogP contribution in [-0.4, -0.2) is 29.0 Å². The van der Waals surface area contributed by atoms with Gasteiger partial charge in [-0.25, -0.2) is 0 Å². The Hall–Kier alpha value is -0.780. The lowest BCUT2D eigenvalue weighted by Gasteiger charge is -2.41. The molecule has 0 amide bonds. The molecule has 1 aliphatic rings. The Kier molecular flexibility index (Phi) is 5.46. The highest BCUT2D eigenvalue weighted by Gasteiger charge is 2.57. The van der Waals surface area contributed by atoms with E-state index in [1.54, 1.807) is 6.92 Å². The van der Waals surface area contributed by atoms with Gasteiger partial charge in [-0.15, -0.1) is 0 Å². The molecule has 3 nitrogen and oxygen atoms in total. The molecular formula is C14H23F3O3. The lowest BCUT2D eigenvalue weighted by Crippen LogP contribution is -2.54. The summed E-state index contributed by atoms with van der Waals surface area (Å²) in [6, 6.07) is 0. The molecule has 0 aromatic heterocycles. The van der Waals surface area contributed by atoms with E-state index in [-0.39, 0.29) is 12.3 Å². The van der Waals surface area contributed by atoms with E-state index >= 15 is 0 Å². The first-order valence-electron chi connectivity index (χ1n) is 7.10. The van der Waals surface area contributed by atoms with Gasteiger partial charge in [0, 0.05) is 5.92 Å². The van der Waals surface area contributed by atoms with Crippen molar-refractivity contribution in [3.05, 3.63) is 0 Å². The van der Waals surface area contributed by atoms with Crippen LogP contribution in [0.3, 0.4) is 0 Å². The first-order valence-corrected chi connectivity index (χ1v) is 7.10. The third-order valence-electron chi connectivity index (χ3n) is 4.28. The number of carbonyl (C=O) groups excluding carboxylic acids is 1. The third-order valence-corrected chi connectivity index (χ3v) is 4.28. The van der Waals surface area contributed by atoms with Crippen LogP contribution in [0.15, 0.2) is 0 Å². The normalized spacial score (nSPS) is 28.6. The first-order chi connectivity index (χ1) is 9.11. The van der Waals surface area contributed by atoms with Crippen molar-refractivity contribution in [1.29, 1.82) is 0 Å². The van der Waals surface area contributed by atoms with Gasteiger partial charge in [0.25, 0.3) is 0 Å². The quantitative estimate of drug-likeness (QED) is 0.808. The maximum Gasteiger partial charge on any atom is 0.417 e. The van der Waals surface area contributed by atoms with Gasteiger partial charge < -0.3 is 9.84 Å². The average molecular weight is 296 g/mol. The van der Waals surface area contributed by atoms with Crippen LogP contribution < -0.4 is 0 Å². The largest absolute Gasteiger partial charge is 0.462 e. The lowest BCUT2D eigenvalue weighted by atomic mass is 9.75. The zero-order chi connectivity index (χ0) is 15.6. The van der Waals surface area contributed by atoms with E-state index in [4.69, 9.17) is 4.74 Å². The summed E-state index contributed by atoms with van der Waals surface area (Å²) in [6.45, 7) is 4.27. The van der Waals surface area contributed by atoms with Gasteiger partial charge >= 0.3 is 12.1 Å². The van der Waals surface area contributed by atoms with E-state index < -0.39 is 29.8 Å². The predicted octanol–water partition coefficient (Wildman–Crippen LogP) is 3.45. The molecular weight excluding hydrogens is 273 g/mol. The Morgan fingerprint density at radius 1 is 1.35 bits per heavy atom. The average Bonchev–Trinajstić information content (AvgIpc) is 2.36. The number of aliphatic hydroxyl groups is 1. The third kappa shape index (κ3) is 3.65. The van der Waals surface area contributed by atoms with Gasteiger partial charge in [0.1, 0.15) is 6.10 Å². The van der Waals surface area contributed by atoms with Crippen LogP contribution in [0.5, 0.6) is 0 Å². The summed E-state index contributed by atoms with van der Waals surface area (Å²) in [6.07, 6.45) is -3.11. The molecule has 0 spiro atoms. The lowest BCUT2D eigenvalue weighted by molar-refractivity contribution is -0.285. The number of hydrogen-bond acceptors (Lipinski definition) is 3. The molecule has 0 aliphatic heterocycles. The maximum absolute atomic E-state index is 13.0. The fourth-order valence-corrected chi connectivity index (χ4v) is 2.52. The Bertz CT molecular complexity index is 339. The molecule has 0 heterocycles. The van der Waals surface area contributed by atoms with Gasteiger partial charge in [-0.1, -0.05) is 20.3 Å². The summed E-state index contributed by atoms with van der Waals surface area (Å²) >= 11 is 0. The highest BCUT2D eigenvalue weighted by atomic mass is 19.4. The van der Waals surface area contributed by atoms with E-state index in [0.29, 0.717) is 25.7 Å². The smallest absolute Gasteiger partial charge is 0.417 e. The zero-order valence-corrected chi connectivity index (χ0v) is 12.2. The monoisotopic (exact) mass is 296 g/mol. The highest BCUT2D eigenvalue weighted by Crippen LogP contribution is 2.43. The number of alkyl halides is 3. The number of hydrogen-bond donors (Lipinski definition) is 1. The fraction of sp³-hybridized carbons (Fsp3) is 0.929. The minimum absolute atomic E-state index is 0.213. The summed E-state index contributed by atoms with van der Waals surface area (Å²) in [7, 11) is 0. The first kappa shape index (κ1) is 17.3. The molecule has 0 bridgehead atoms. The molecule has 6 heteroatoms. The summed E-state index contributed by atoms with van der Waals surface area (Å²) in [5, 5.41) is 9.84. The van der Waals surface area contributed by atoms with Crippen molar-refractivity contribution in [2.24, 2.45) is 11.8 Å². The summed E-state index contributed by atoms with van der Waals surface area (Å²) in [4.78, 5) is 11.8. The Morgan fingerprint density at radius 3 is 2.40 bits per heavy atom. The van der Waals surface area contributed by atoms with E-state index in [0.717, 1.165) is 6.92 Å². The maximum atomic E-state index is 13.0. The molecule has 0 aromatic rings. The second-order valence-electron chi connectivity index (χ2n) is 5.82. The van der Waals surface area contributed by atoms with Crippen LogP contribution in [0.25, 0.3) is 0 Å². The molecule has 1 N–H and O–H groups in total. The predicted molar refractivity (Wildman–Crippen MR) is 68.0 cm³/mol. The van der Waals surface area contributed by atoms with Crippen molar-refractivity contribution in [1.82, 2.24) is 0 Å². The van der Waals surface area contributed by atoms with Crippen LogP contribution in [0.4, 0.5) is 13.2 Å². The molecule has 20 heavy (non-hydrogen) atoms. The fourth-order valence-electron chi connectivity index (χ4n) is 2.52. The van der Waals surface area contributed by atoms with Crippen molar-refractivity contribution in [2.45, 2.75) is 70.8 Å². The number of esters is 1. The molecule has 0 saturated heterocycles. The number of carbonyl (C=O) groups is 1.